The lowest BCUT2D eigenvalue weighted by Gasteiger charge is -2.43. The van der Waals surface area contributed by atoms with Gasteiger partial charge in [-0.15, -0.1) is 0 Å². The zero-order valence-corrected chi connectivity index (χ0v) is 14.2. The number of hydrogen-bond donors (Lipinski definition) is 0. The highest BCUT2D eigenvalue weighted by atomic mass is 16.2. The Hall–Kier alpha value is -1.05. The quantitative estimate of drug-likeness (QED) is 0.689. The molecule has 118 valence electrons. The molecule has 0 aromatic rings. The van der Waals surface area contributed by atoms with Gasteiger partial charge in [-0.2, -0.15) is 0 Å². The van der Waals surface area contributed by atoms with Crippen molar-refractivity contribution >= 4 is 5.91 Å². The van der Waals surface area contributed by atoms with E-state index >= 15 is 0 Å². The summed E-state index contributed by atoms with van der Waals surface area (Å²) in [4.78, 5) is 15.1. The summed E-state index contributed by atoms with van der Waals surface area (Å²) < 4.78 is 0. The van der Waals surface area contributed by atoms with E-state index in [1.165, 1.54) is 18.4 Å². The fourth-order valence-corrected chi connectivity index (χ4v) is 4.31. The van der Waals surface area contributed by atoms with Gasteiger partial charge in [-0.3, -0.25) is 4.79 Å². The predicted octanol–water partition coefficient (Wildman–Crippen LogP) is 4.72. The Labute approximate surface area is 130 Å². The van der Waals surface area contributed by atoms with Gasteiger partial charge in [-0.1, -0.05) is 32.1 Å². The summed E-state index contributed by atoms with van der Waals surface area (Å²) in [7, 11) is 0. The Bertz CT molecular complexity index is 437. The first-order valence-electron chi connectivity index (χ1n) is 8.63. The Morgan fingerprint density at radius 2 is 2.00 bits per heavy atom. The Morgan fingerprint density at radius 1 is 1.24 bits per heavy atom. The normalized spacial score (nSPS) is 35.5. The number of allylic oxidation sites excluding steroid dienone is 2. The highest BCUT2D eigenvalue weighted by Gasteiger charge is 2.46. The summed E-state index contributed by atoms with van der Waals surface area (Å²) in [5, 5.41) is 0. The summed E-state index contributed by atoms with van der Waals surface area (Å²) in [6.45, 7) is 9.67. The van der Waals surface area contributed by atoms with Crippen molar-refractivity contribution in [2.45, 2.75) is 71.8 Å². The SMILES string of the molecule is C/C=C\C(=C/C)C1(N2CCCC(C)CC2=O)CCC(C)C1. The van der Waals surface area contributed by atoms with E-state index < -0.39 is 0 Å². The summed E-state index contributed by atoms with van der Waals surface area (Å²) in [5.74, 6) is 1.62. The van der Waals surface area contributed by atoms with E-state index in [1.807, 2.05) is 0 Å². The Kier molecular flexibility index (Phi) is 5.29. The van der Waals surface area contributed by atoms with Gasteiger partial charge in [0.05, 0.1) is 5.54 Å². The minimum Gasteiger partial charge on any atom is -0.333 e. The maximum Gasteiger partial charge on any atom is 0.223 e. The van der Waals surface area contributed by atoms with Crippen molar-refractivity contribution in [2.24, 2.45) is 11.8 Å². The van der Waals surface area contributed by atoms with Crippen LogP contribution in [-0.4, -0.2) is 22.9 Å². The summed E-state index contributed by atoms with van der Waals surface area (Å²) in [6, 6.07) is 0. The molecule has 1 saturated heterocycles. The molecule has 3 atom stereocenters. The van der Waals surface area contributed by atoms with Crippen LogP contribution in [0.3, 0.4) is 0 Å². The molecule has 21 heavy (non-hydrogen) atoms. The minimum atomic E-state index is -0.0399. The minimum absolute atomic E-state index is 0.0399. The van der Waals surface area contributed by atoms with E-state index in [0.29, 0.717) is 17.7 Å². The van der Waals surface area contributed by atoms with E-state index in [-0.39, 0.29) is 5.54 Å². The number of hydrogen-bond acceptors (Lipinski definition) is 1. The molecule has 0 N–H and O–H groups in total. The monoisotopic (exact) mass is 289 g/mol. The Balaban J connectivity index is 2.38. The van der Waals surface area contributed by atoms with E-state index in [2.05, 4.69) is 50.8 Å². The van der Waals surface area contributed by atoms with Gasteiger partial charge in [-0.05, 0) is 63.4 Å². The number of rotatable bonds is 3. The van der Waals surface area contributed by atoms with Crippen molar-refractivity contribution in [2.75, 3.05) is 6.54 Å². The maximum absolute atomic E-state index is 12.8. The van der Waals surface area contributed by atoms with Crippen molar-refractivity contribution in [1.29, 1.82) is 0 Å². The van der Waals surface area contributed by atoms with Crippen LogP contribution in [0.25, 0.3) is 0 Å². The molecule has 0 radical (unpaired) electrons. The molecule has 1 aliphatic heterocycles. The first kappa shape index (κ1) is 16.3. The van der Waals surface area contributed by atoms with Crippen LogP contribution in [0.2, 0.25) is 0 Å². The third-order valence-corrected chi connectivity index (χ3v) is 5.35. The van der Waals surface area contributed by atoms with Crippen molar-refractivity contribution in [3.8, 4) is 0 Å². The van der Waals surface area contributed by atoms with Crippen molar-refractivity contribution in [3.05, 3.63) is 23.8 Å². The second-order valence-corrected chi connectivity index (χ2v) is 7.12. The first-order valence-corrected chi connectivity index (χ1v) is 8.63. The van der Waals surface area contributed by atoms with Crippen LogP contribution in [0.1, 0.15) is 66.2 Å². The number of carbonyl (C=O) groups excluding carboxylic acids is 1. The van der Waals surface area contributed by atoms with Gasteiger partial charge in [-0.25, -0.2) is 0 Å². The second kappa shape index (κ2) is 6.81. The molecule has 2 nitrogen and oxygen atoms in total. The molecule has 0 spiro atoms. The number of nitrogens with zero attached hydrogens (tertiary/aromatic N) is 1. The standard InChI is InChI=1S/C19H31NO/c1-5-8-17(6-2)19(11-10-16(4)14-19)20-12-7-9-15(3)13-18(20)21/h5-6,8,15-16H,7,9-14H2,1-4H3/b8-5-,17-6+. The highest BCUT2D eigenvalue weighted by Crippen LogP contribution is 2.45. The van der Waals surface area contributed by atoms with Gasteiger partial charge in [0, 0.05) is 13.0 Å². The summed E-state index contributed by atoms with van der Waals surface area (Å²) in [5.41, 5.74) is 1.30. The van der Waals surface area contributed by atoms with Crippen LogP contribution in [0.5, 0.6) is 0 Å². The highest BCUT2D eigenvalue weighted by molar-refractivity contribution is 5.78. The largest absolute Gasteiger partial charge is 0.333 e. The average Bonchev–Trinajstić information content (AvgIpc) is 2.74. The lowest BCUT2D eigenvalue weighted by Crippen LogP contribution is -2.51. The van der Waals surface area contributed by atoms with Gasteiger partial charge in [0.2, 0.25) is 5.91 Å². The summed E-state index contributed by atoms with van der Waals surface area (Å²) >= 11 is 0. The van der Waals surface area contributed by atoms with Gasteiger partial charge in [0.15, 0.2) is 0 Å². The van der Waals surface area contributed by atoms with E-state index in [9.17, 15) is 4.79 Å². The average molecular weight is 289 g/mol. The van der Waals surface area contributed by atoms with E-state index in [4.69, 9.17) is 0 Å². The fraction of sp³-hybridized carbons (Fsp3) is 0.737. The second-order valence-electron chi connectivity index (χ2n) is 7.12. The lowest BCUT2D eigenvalue weighted by atomic mass is 9.84. The lowest BCUT2D eigenvalue weighted by molar-refractivity contribution is -0.136. The number of amides is 1. The van der Waals surface area contributed by atoms with Crippen LogP contribution in [0, 0.1) is 11.8 Å². The molecule has 2 aliphatic rings. The molecular weight excluding hydrogens is 258 g/mol. The molecule has 1 amide bonds. The van der Waals surface area contributed by atoms with Crippen LogP contribution in [0.4, 0.5) is 0 Å². The zero-order valence-electron chi connectivity index (χ0n) is 14.2. The molecule has 0 bridgehead atoms. The van der Waals surface area contributed by atoms with Crippen molar-refractivity contribution in [1.82, 2.24) is 4.90 Å². The Morgan fingerprint density at radius 3 is 2.57 bits per heavy atom. The van der Waals surface area contributed by atoms with Crippen LogP contribution >= 0.6 is 0 Å². The molecule has 2 fully saturated rings. The zero-order chi connectivity index (χ0) is 15.5. The predicted molar refractivity (Wildman–Crippen MR) is 89.0 cm³/mol. The molecule has 0 aromatic carbocycles. The molecule has 1 aliphatic carbocycles. The van der Waals surface area contributed by atoms with E-state index in [0.717, 1.165) is 32.2 Å². The van der Waals surface area contributed by atoms with Crippen LogP contribution in [0.15, 0.2) is 23.8 Å². The third-order valence-electron chi connectivity index (χ3n) is 5.35. The maximum atomic E-state index is 12.8. The van der Waals surface area contributed by atoms with Crippen LogP contribution < -0.4 is 0 Å². The molecule has 3 unspecified atom stereocenters. The molecule has 2 heteroatoms. The summed E-state index contributed by atoms with van der Waals surface area (Å²) in [6.07, 6.45) is 13.1. The van der Waals surface area contributed by atoms with Gasteiger partial charge in [0.1, 0.15) is 0 Å². The van der Waals surface area contributed by atoms with Gasteiger partial charge >= 0.3 is 0 Å². The first-order chi connectivity index (χ1) is 10.0. The van der Waals surface area contributed by atoms with Crippen molar-refractivity contribution < 1.29 is 4.79 Å². The molecule has 0 aromatic heterocycles. The topological polar surface area (TPSA) is 20.3 Å². The third kappa shape index (κ3) is 3.25. The van der Waals surface area contributed by atoms with Crippen molar-refractivity contribution in [3.63, 3.8) is 0 Å². The molecular formula is C19H31NO. The van der Waals surface area contributed by atoms with Crippen LogP contribution in [-0.2, 0) is 4.79 Å². The number of carbonyl (C=O) groups is 1. The van der Waals surface area contributed by atoms with E-state index in [1.54, 1.807) is 0 Å². The fourth-order valence-electron chi connectivity index (χ4n) is 4.31. The van der Waals surface area contributed by atoms with Gasteiger partial charge < -0.3 is 4.90 Å². The molecule has 2 rings (SSSR count). The van der Waals surface area contributed by atoms with Gasteiger partial charge in [0.25, 0.3) is 0 Å². The number of likely N-dealkylation sites (tertiary alicyclic amines) is 1. The smallest absolute Gasteiger partial charge is 0.223 e. The molecule has 1 saturated carbocycles. The molecule has 1 heterocycles.